The summed E-state index contributed by atoms with van der Waals surface area (Å²) in [6.45, 7) is 0. The molecule has 0 aliphatic heterocycles. The van der Waals surface area contributed by atoms with Crippen LogP contribution in [0.5, 0.6) is 0 Å². The van der Waals surface area contributed by atoms with E-state index in [0.717, 1.165) is 0 Å². The molecule has 13 heavy (non-hydrogen) atoms. The molecule has 0 aliphatic rings. The van der Waals surface area contributed by atoms with Crippen LogP contribution in [-0.2, 0) is 4.57 Å². The molecule has 0 rings (SSSR count). The lowest BCUT2D eigenvalue weighted by atomic mass is 10.7. The van der Waals surface area contributed by atoms with Crippen molar-refractivity contribution in [2.75, 3.05) is 28.2 Å². The van der Waals surface area contributed by atoms with Crippen molar-refractivity contribution in [1.29, 1.82) is 5.41 Å². The van der Waals surface area contributed by atoms with Gasteiger partial charge >= 0.3 is 7.82 Å². The molecule has 0 spiro atoms. The molecule has 0 fully saturated rings. The van der Waals surface area contributed by atoms with Crippen molar-refractivity contribution in [3.05, 3.63) is 0 Å². The highest BCUT2D eigenvalue weighted by Gasteiger charge is 2.00. The van der Waals surface area contributed by atoms with E-state index in [9.17, 15) is 0 Å². The first-order valence-corrected chi connectivity index (χ1v) is 4.83. The number of nitrogens with zero attached hydrogens (tertiary/aromatic N) is 2. The smallest absolute Gasteiger partial charge is 0.349 e. The summed E-state index contributed by atoms with van der Waals surface area (Å²) >= 11 is 0. The predicted molar refractivity (Wildman–Crippen MR) is 49.4 cm³/mol. The van der Waals surface area contributed by atoms with Crippen molar-refractivity contribution in [1.82, 2.24) is 9.80 Å². The van der Waals surface area contributed by atoms with E-state index in [2.05, 4.69) is 0 Å². The van der Waals surface area contributed by atoms with Gasteiger partial charge < -0.3 is 24.5 Å². The maximum absolute atomic E-state index is 8.88. The molecular weight excluding hydrogens is 197 g/mol. The van der Waals surface area contributed by atoms with Crippen molar-refractivity contribution in [3.63, 3.8) is 0 Å². The lowest BCUT2D eigenvalue weighted by Gasteiger charge is -2.19. The van der Waals surface area contributed by atoms with Crippen molar-refractivity contribution in [2.24, 2.45) is 0 Å². The predicted octanol–water partition coefficient (Wildman–Crippen LogP) is -0.884. The van der Waals surface area contributed by atoms with Crippen molar-refractivity contribution in [3.8, 4) is 0 Å². The van der Waals surface area contributed by atoms with Crippen LogP contribution < -0.4 is 0 Å². The van der Waals surface area contributed by atoms with Crippen LogP contribution in [0.25, 0.3) is 0 Å². The Bertz CT molecular complexity index is 182. The van der Waals surface area contributed by atoms with Crippen LogP contribution in [0.2, 0.25) is 0 Å². The Labute approximate surface area is 77.3 Å². The fraction of sp³-hybridized carbons (Fsp3) is 0.800. The third-order valence-electron chi connectivity index (χ3n) is 0.847. The van der Waals surface area contributed by atoms with E-state index < -0.39 is 7.82 Å². The van der Waals surface area contributed by atoms with Gasteiger partial charge in [-0.1, -0.05) is 0 Å². The maximum atomic E-state index is 8.88. The Morgan fingerprint density at radius 3 is 1.23 bits per heavy atom. The normalized spacial score (nSPS) is 9.77. The molecule has 0 radical (unpaired) electrons. The third kappa shape index (κ3) is 18.4. The molecule has 0 aromatic heterocycles. The van der Waals surface area contributed by atoms with Crippen LogP contribution in [0.1, 0.15) is 0 Å². The average molecular weight is 213 g/mol. The standard InChI is InChI=1S/C5H13N3.H3O4P/c1-7(2)5(6)8(3)4;1-5(2,3)4/h6H,1-4H3;(H3,1,2,3,4). The largest absolute Gasteiger partial charge is 0.466 e. The molecule has 0 aromatic rings. The third-order valence-corrected chi connectivity index (χ3v) is 0.847. The summed E-state index contributed by atoms with van der Waals surface area (Å²) < 4.78 is 8.88. The van der Waals surface area contributed by atoms with Gasteiger partial charge in [0.25, 0.3) is 0 Å². The van der Waals surface area contributed by atoms with E-state index in [1.807, 2.05) is 28.2 Å². The maximum Gasteiger partial charge on any atom is 0.466 e. The molecule has 8 heteroatoms. The van der Waals surface area contributed by atoms with Gasteiger partial charge in [-0.05, 0) is 0 Å². The Kier molecular flexibility index (Phi) is 6.79. The molecule has 0 bridgehead atoms. The molecule has 7 nitrogen and oxygen atoms in total. The topological polar surface area (TPSA) is 108 Å². The summed E-state index contributed by atoms with van der Waals surface area (Å²) in [7, 11) is 2.76. The van der Waals surface area contributed by atoms with Gasteiger partial charge in [-0.3, -0.25) is 5.41 Å². The van der Waals surface area contributed by atoms with E-state index in [0.29, 0.717) is 5.96 Å². The summed E-state index contributed by atoms with van der Waals surface area (Å²) in [6.07, 6.45) is 0. The second-order valence-corrected chi connectivity index (χ2v) is 3.65. The van der Waals surface area contributed by atoms with E-state index in [4.69, 9.17) is 24.7 Å². The number of rotatable bonds is 0. The molecule has 0 aliphatic carbocycles. The molecule has 0 saturated heterocycles. The van der Waals surface area contributed by atoms with Gasteiger partial charge in [0.05, 0.1) is 0 Å². The number of guanidine groups is 1. The molecule has 0 amide bonds. The van der Waals surface area contributed by atoms with E-state index in [-0.39, 0.29) is 0 Å². The van der Waals surface area contributed by atoms with Gasteiger partial charge in [-0.2, -0.15) is 0 Å². The highest BCUT2D eigenvalue weighted by molar-refractivity contribution is 7.45. The Balaban J connectivity index is 0. The van der Waals surface area contributed by atoms with Crippen LogP contribution in [0.15, 0.2) is 0 Å². The summed E-state index contributed by atoms with van der Waals surface area (Å²) in [5, 5.41) is 7.25. The lowest BCUT2D eigenvalue weighted by molar-refractivity contribution is 0.275. The van der Waals surface area contributed by atoms with Crippen molar-refractivity contribution < 1.29 is 19.2 Å². The molecule has 4 N–H and O–H groups in total. The van der Waals surface area contributed by atoms with Gasteiger partial charge in [0.15, 0.2) is 5.96 Å². The molecule has 0 unspecified atom stereocenters. The minimum absolute atomic E-state index is 0.519. The number of hydrogen-bond acceptors (Lipinski definition) is 2. The zero-order chi connectivity index (χ0) is 11.2. The van der Waals surface area contributed by atoms with Crippen molar-refractivity contribution >= 4 is 13.8 Å². The van der Waals surface area contributed by atoms with Crippen LogP contribution in [0.3, 0.4) is 0 Å². The van der Waals surface area contributed by atoms with Crippen LogP contribution in [0, 0.1) is 5.41 Å². The second kappa shape index (κ2) is 5.93. The Hall–Kier alpha value is -0.620. The minimum atomic E-state index is -4.64. The van der Waals surface area contributed by atoms with E-state index in [1.165, 1.54) is 0 Å². The van der Waals surface area contributed by atoms with Crippen LogP contribution in [0.4, 0.5) is 0 Å². The number of hydrogen-bond donors (Lipinski definition) is 4. The molecule has 0 heterocycles. The first-order valence-electron chi connectivity index (χ1n) is 3.27. The number of phosphoric acid groups is 1. The summed E-state index contributed by atoms with van der Waals surface area (Å²) in [6, 6.07) is 0. The zero-order valence-electron chi connectivity index (χ0n) is 8.09. The summed E-state index contributed by atoms with van der Waals surface area (Å²) in [4.78, 5) is 25.1. The Morgan fingerprint density at radius 1 is 1.08 bits per heavy atom. The molecule has 80 valence electrons. The van der Waals surface area contributed by atoms with E-state index >= 15 is 0 Å². The molecular formula is C5H16N3O4P. The van der Waals surface area contributed by atoms with E-state index in [1.54, 1.807) is 9.80 Å². The quantitative estimate of drug-likeness (QED) is 0.236. The van der Waals surface area contributed by atoms with Crippen LogP contribution in [-0.4, -0.2) is 58.6 Å². The first-order chi connectivity index (χ1) is 5.55. The van der Waals surface area contributed by atoms with Crippen molar-refractivity contribution in [2.45, 2.75) is 0 Å². The van der Waals surface area contributed by atoms with Gasteiger partial charge in [-0.25, -0.2) is 4.57 Å². The monoisotopic (exact) mass is 213 g/mol. The van der Waals surface area contributed by atoms with Gasteiger partial charge in [0.1, 0.15) is 0 Å². The highest BCUT2D eigenvalue weighted by Crippen LogP contribution is 2.25. The summed E-state index contributed by atoms with van der Waals surface area (Å²) in [5.74, 6) is 0.519. The van der Waals surface area contributed by atoms with Gasteiger partial charge in [-0.15, -0.1) is 0 Å². The number of nitrogens with one attached hydrogen (secondary N) is 1. The summed E-state index contributed by atoms with van der Waals surface area (Å²) in [5.41, 5.74) is 0. The SMILES string of the molecule is CN(C)C(=N)N(C)C.O=P(O)(O)O. The molecule has 0 aromatic carbocycles. The first kappa shape index (κ1) is 14.9. The highest BCUT2D eigenvalue weighted by atomic mass is 31.2. The zero-order valence-corrected chi connectivity index (χ0v) is 8.99. The lowest BCUT2D eigenvalue weighted by Crippen LogP contribution is -2.34. The van der Waals surface area contributed by atoms with Gasteiger partial charge in [0, 0.05) is 28.2 Å². The van der Waals surface area contributed by atoms with Crippen LogP contribution >= 0.6 is 7.82 Å². The molecule has 0 saturated carbocycles. The Morgan fingerprint density at radius 2 is 1.23 bits per heavy atom. The minimum Gasteiger partial charge on any atom is -0.349 e. The second-order valence-electron chi connectivity index (χ2n) is 2.63. The molecule has 0 atom stereocenters. The van der Waals surface area contributed by atoms with Gasteiger partial charge in [0.2, 0.25) is 0 Å². The fourth-order valence-electron chi connectivity index (χ4n) is 0.400. The fourth-order valence-corrected chi connectivity index (χ4v) is 0.400. The average Bonchev–Trinajstić information content (AvgIpc) is 1.81.